The molecule has 0 saturated carbocycles. The minimum atomic E-state index is -0.304. The van der Waals surface area contributed by atoms with E-state index in [9.17, 15) is 4.79 Å². The van der Waals surface area contributed by atoms with Crippen molar-refractivity contribution >= 4 is 23.4 Å². The highest BCUT2D eigenvalue weighted by Crippen LogP contribution is 2.28. The summed E-state index contributed by atoms with van der Waals surface area (Å²) in [6.07, 6.45) is 3.22. The highest BCUT2D eigenvalue weighted by molar-refractivity contribution is 6.30. The van der Waals surface area contributed by atoms with Crippen LogP contribution in [0.25, 0.3) is 0 Å². The number of piperidine rings is 1. The summed E-state index contributed by atoms with van der Waals surface area (Å²) in [5.74, 6) is 2.05. The molecule has 156 valence electrons. The molecular formula is C22H28ClN3O3. The van der Waals surface area contributed by atoms with Gasteiger partial charge in [-0.3, -0.25) is 0 Å². The van der Waals surface area contributed by atoms with E-state index in [2.05, 4.69) is 22.0 Å². The van der Waals surface area contributed by atoms with E-state index in [1.54, 1.807) is 19.1 Å². The van der Waals surface area contributed by atoms with E-state index in [1.165, 1.54) is 0 Å². The van der Waals surface area contributed by atoms with Gasteiger partial charge in [0.2, 0.25) is 0 Å². The molecule has 0 amide bonds. The number of hydrogen-bond acceptors (Lipinski definition) is 6. The maximum atomic E-state index is 11.7. The Morgan fingerprint density at radius 2 is 1.83 bits per heavy atom. The summed E-state index contributed by atoms with van der Waals surface area (Å²) < 4.78 is 10.9. The Balaban J connectivity index is 1.43. The molecule has 1 aromatic heterocycles. The van der Waals surface area contributed by atoms with Gasteiger partial charge in [-0.1, -0.05) is 11.6 Å². The monoisotopic (exact) mass is 417 g/mol. The molecule has 0 radical (unpaired) electrons. The minimum Gasteiger partial charge on any atom is -0.494 e. The Morgan fingerprint density at radius 3 is 2.48 bits per heavy atom. The Morgan fingerprint density at radius 1 is 1.14 bits per heavy atom. The number of aromatic nitrogens is 2. The number of benzene rings is 1. The smallest absolute Gasteiger partial charge is 0.338 e. The molecule has 7 heteroatoms. The molecule has 0 bridgehead atoms. The first kappa shape index (κ1) is 21.4. The summed E-state index contributed by atoms with van der Waals surface area (Å²) in [5, 5.41) is 8.86. The Bertz CT molecular complexity index is 834. The third kappa shape index (κ3) is 5.38. The summed E-state index contributed by atoms with van der Waals surface area (Å²) in [6.45, 7) is 8.81. The highest BCUT2D eigenvalue weighted by atomic mass is 35.5. The SMILES string of the molecule is CCOC(=O)c1ccc(OCCC2CCN(c3nnc(Cl)c(C)c3C)CC2)cc1. The number of carbonyl (C=O) groups is 1. The number of carbonyl (C=O) groups excluding carboxylic acids is 1. The number of anilines is 1. The Kier molecular flexibility index (Phi) is 7.31. The highest BCUT2D eigenvalue weighted by Gasteiger charge is 2.22. The molecule has 3 rings (SSSR count). The fraction of sp³-hybridized carbons (Fsp3) is 0.500. The average Bonchev–Trinajstić information content (AvgIpc) is 2.73. The molecule has 1 aliphatic heterocycles. The van der Waals surface area contributed by atoms with Crippen LogP contribution in [0, 0.1) is 19.8 Å². The Hall–Kier alpha value is -2.34. The maximum Gasteiger partial charge on any atom is 0.338 e. The van der Waals surface area contributed by atoms with E-state index < -0.39 is 0 Å². The molecule has 0 N–H and O–H groups in total. The Labute approximate surface area is 177 Å². The van der Waals surface area contributed by atoms with Crippen molar-refractivity contribution in [1.29, 1.82) is 0 Å². The maximum absolute atomic E-state index is 11.7. The molecule has 2 heterocycles. The van der Waals surface area contributed by atoms with Crippen molar-refractivity contribution in [2.24, 2.45) is 5.92 Å². The molecule has 0 spiro atoms. The van der Waals surface area contributed by atoms with E-state index in [0.717, 1.165) is 55.0 Å². The molecule has 0 aliphatic carbocycles. The minimum absolute atomic E-state index is 0.304. The summed E-state index contributed by atoms with van der Waals surface area (Å²) in [7, 11) is 0. The lowest BCUT2D eigenvalue weighted by Gasteiger charge is -2.33. The summed E-state index contributed by atoms with van der Waals surface area (Å²) in [6, 6.07) is 7.12. The quantitative estimate of drug-likeness (QED) is 0.613. The first-order chi connectivity index (χ1) is 14.0. The van der Waals surface area contributed by atoms with Crippen molar-refractivity contribution in [3.8, 4) is 5.75 Å². The average molecular weight is 418 g/mol. The molecule has 1 aromatic carbocycles. The second kappa shape index (κ2) is 9.92. The van der Waals surface area contributed by atoms with E-state index >= 15 is 0 Å². The van der Waals surface area contributed by atoms with E-state index in [4.69, 9.17) is 21.1 Å². The zero-order valence-corrected chi connectivity index (χ0v) is 18.0. The van der Waals surface area contributed by atoms with Crippen LogP contribution >= 0.6 is 11.6 Å². The van der Waals surface area contributed by atoms with Crippen LogP contribution in [0.3, 0.4) is 0 Å². The molecule has 2 aromatic rings. The summed E-state index contributed by atoms with van der Waals surface area (Å²) >= 11 is 6.06. The molecule has 1 saturated heterocycles. The van der Waals surface area contributed by atoms with Crippen LogP contribution in [0.15, 0.2) is 24.3 Å². The zero-order chi connectivity index (χ0) is 20.8. The van der Waals surface area contributed by atoms with Crippen LogP contribution in [0.5, 0.6) is 5.75 Å². The molecule has 0 unspecified atom stereocenters. The topological polar surface area (TPSA) is 64.6 Å². The van der Waals surface area contributed by atoms with E-state index in [-0.39, 0.29) is 5.97 Å². The first-order valence-corrected chi connectivity index (χ1v) is 10.5. The number of ether oxygens (including phenoxy) is 2. The van der Waals surface area contributed by atoms with Crippen LogP contribution in [-0.4, -0.2) is 42.5 Å². The second-order valence-corrected chi connectivity index (χ2v) is 7.73. The third-order valence-electron chi connectivity index (χ3n) is 5.51. The van der Waals surface area contributed by atoms with Crippen molar-refractivity contribution < 1.29 is 14.3 Å². The molecule has 1 aliphatic rings. The van der Waals surface area contributed by atoms with Gasteiger partial charge in [0.05, 0.1) is 18.8 Å². The fourth-order valence-corrected chi connectivity index (χ4v) is 3.72. The predicted molar refractivity (Wildman–Crippen MR) is 114 cm³/mol. The van der Waals surface area contributed by atoms with Crippen molar-refractivity contribution in [2.75, 3.05) is 31.2 Å². The summed E-state index contributed by atoms with van der Waals surface area (Å²) in [4.78, 5) is 14.0. The molecular weight excluding hydrogens is 390 g/mol. The first-order valence-electron chi connectivity index (χ1n) is 10.1. The number of hydrogen-bond donors (Lipinski definition) is 0. The van der Waals surface area contributed by atoms with Gasteiger partial charge in [0.1, 0.15) is 5.75 Å². The second-order valence-electron chi connectivity index (χ2n) is 7.38. The van der Waals surface area contributed by atoms with Crippen LogP contribution < -0.4 is 9.64 Å². The van der Waals surface area contributed by atoms with Crippen LogP contribution in [-0.2, 0) is 4.74 Å². The standard InChI is InChI=1S/C22H28ClN3O3/c1-4-28-22(27)18-5-7-19(8-6-18)29-14-11-17-9-12-26(13-10-17)21-16(3)15(2)20(23)24-25-21/h5-8,17H,4,9-14H2,1-3H3. The number of nitrogens with zero attached hydrogens (tertiary/aromatic N) is 3. The van der Waals surface area contributed by atoms with Gasteiger partial charge < -0.3 is 14.4 Å². The van der Waals surface area contributed by atoms with E-state index in [1.807, 2.05) is 19.1 Å². The summed E-state index contributed by atoms with van der Waals surface area (Å²) in [5.41, 5.74) is 2.65. The molecule has 0 atom stereocenters. The number of esters is 1. The normalized spacial score (nSPS) is 14.7. The lowest BCUT2D eigenvalue weighted by molar-refractivity contribution is 0.0526. The van der Waals surface area contributed by atoms with Gasteiger partial charge >= 0.3 is 5.97 Å². The van der Waals surface area contributed by atoms with Crippen LogP contribution in [0.1, 0.15) is 47.7 Å². The van der Waals surface area contributed by atoms with Crippen LogP contribution in [0.2, 0.25) is 5.15 Å². The predicted octanol–water partition coefficient (Wildman–Crippen LogP) is 4.61. The van der Waals surface area contributed by atoms with Crippen molar-refractivity contribution in [2.45, 2.75) is 40.0 Å². The molecule has 1 fully saturated rings. The van der Waals surface area contributed by atoms with Gasteiger partial charge in [-0.05, 0) is 81.3 Å². The zero-order valence-electron chi connectivity index (χ0n) is 17.3. The van der Waals surface area contributed by atoms with Gasteiger partial charge in [0.15, 0.2) is 11.0 Å². The van der Waals surface area contributed by atoms with Crippen molar-refractivity contribution in [3.05, 3.63) is 46.1 Å². The van der Waals surface area contributed by atoms with Gasteiger partial charge in [0, 0.05) is 13.1 Å². The largest absolute Gasteiger partial charge is 0.494 e. The van der Waals surface area contributed by atoms with Gasteiger partial charge in [0.25, 0.3) is 0 Å². The third-order valence-corrected chi connectivity index (χ3v) is 5.87. The molecule has 6 nitrogen and oxygen atoms in total. The van der Waals surface area contributed by atoms with E-state index in [0.29, 0.717) is 29.8 Å². The van der Waals surface area contributed by atoms with Crippen molar-refractivity contribution in [3.63, 3.8) is 0 Å². The van der Waals surface area contributed by atoms with Crippen molar-refractivity contribution in [1.82, 2.24) is 10.2 Å². The van der Waals surface area contributed by atoms with Crippen LogP contribution in [0.4, 0.5) is 5.82 Å². The van der Waals surface area contributed by atoms with Gasteiger partial charge in [-0.2, -0.15) is 0 Å². The lowest BCUT2D eigenvalue weighted by Crippen LogP contribution is -2.35. The number of halogens is 1. The lowest BCUT2D eigenvalue weighted by atomic mass is 9.93. The fourth-order valence-electron chi connectivity index (χ4n) is 3.54. The molecule has 29 heavy (non-hydrogen) atoms. The number of rotatable bonds is 7. The van der Waals surface area contributed by atoms with Gasteiger partial charge in [-0.15, -0.1) is 10.2 Å². The van der Waals surface area contributed by atoms with Gasteiger partial charge in [-0.25, -0.2) is 4.79 Å².